The summed E-state index contributed by atoms with van der Waals surface area (Å²) < 4.78 is 0.973. The zero-order chi connectivity index (χ0) is 12.1. The maximum Gasteiger partial charge on any atom is 0.253 e. The number of aryl methyl sites for hydroxylation is 1. The molecular formula is C12H18BrClN2O. The molecule has 0 unspecified atom stereocenters. The highest BCUT2D eigenvalue weighted by molar-refractivity contribution is 9.10. The second-order valence-corrected chi connectivity index (χ2v) is 4.65. The van der Waals surface area contributed by atoms with E-state index in [9.17, 15) is 4.79 Å². The maximum absolute atomic E-state index is 12.0. The third-order valence-electron chi connectivity index (χ3n) is 2.46. The quantitative estimate of drug-likeness (QED) is 0.924. The number of likely N-dealkylation sites (N-methyl/N-ethyl adjacent to an activating group) is 2. The normalized spacial score (nSPS) is 9.65. The Bertz CT molecular complexity index is 385. The average molecular weight is 322 g/mol. The van der Waals surface area contributed by atoms with E-state index in [4.69, 9.17) is 0 Å². The fraction of sp³-hybridized carbons (Fsp3) is 0.417. The lowest BCUT2D eigenvalue weighted by Crippen LogP contribution is -2.32. The summed E-state index contributed by atoms with van der Waals surface area (Å²) in [6.45, 7) is 3.51. The summed E-state index contributed by atoms with van der Waals surface area (Å²) >= 11 is 3.43. The van der Waals surface area contributed by atoms with E-state index in [1.807, 2.05) is 39.2 Å². The number of rotatable bonds is 4. The summed E-state index contributed by atoms with van der Waals surface area (Å²) in [5, 5.41) is 3.02. The highest BCUT2D eigenvalue weighted by Crippen LogP contribution is 2.18. The van der Waals surface area contributed by atoms with Gasteiger partial charge in [0.25, 0.3) is 5.91 Å². The fourth-order valence-electron chi connectivity index (χ4n) is 1.33. The number of nitrogens with one attached hydrogen (secondary N) is 1. The zero-order valence-electron chi connectivity index (χ0n) is 10.3. The van der Waals surface area contributed by atoms with Gasteiger partial charge in [-0.2, -0.15) is 0 Å². The minimum absolute atomic E-state index is 0. The van der Waals surface area contributed by atoms with E-state index in [0.717, 1.165) is 22.1 Å². The first-order valence-electron chi connectivity index (χ1n) is 5.22. The average Bonchev–Trinajstić information content (AvgIpc) is 2.28. The molecule has 0 heterocycles. The Morgan fingerprint density at radius 3 is 2.65 bits per heavy atom. The van der Waals surface area contributed by atoms with Crippen molar-refractivity contribution >= 4 is 34.2 Å². The molecule has 0 bridgehead atoms. The molecule has 0 aliphatic heterocycles. The first-order valence-corrected chi connectivity index (χ1v) is 6.01. The van der Waals surface area contributed by atoms with Crippen molar-refractivity contribution in [2.45, 2.75) is 6.92 Å². The standard InChI is InChI=1S/C12H17BrN2O.ClH/c1-9-4-5-10(8-11(9)13)12(16)15(3)7-6-14-2;/h4-5,8,14H,6-7H2,1-3H3;1H. The van der Waals surface area contributed by atoms with Crippen LogP contribution in [0.15, 0.2) is 22.7 Å². The van der Waals surface area contributed by atoms with Gasteiger partial charge < -0.3 is 10.2 Å². The summed E-state index contributed by atoms with van der Waals surface area (Å²) in [6, 6.07) is 5.68. The van der Waals surface area contributed by atoms with E-state index < -0.39 is 0 Å². The smallest absolute Gasteiger partial charge is 0.253 e. The van der Waals surface area contributed by atoms with Crippen LogP contribution in [0.2, 0.25) is 0 Å². The molecule has 1 amide bonds. The van der Waals surface area contributed by atoms with Crippen LogP contribution in [0.4, 0.5) is 0 Å². The van der Waals surface area contributed by atoms with Gasteiger partial charge in [-0.1, -0.05) is 22.0 Å². The van der Waals surface area contributed by atoms with Gasteiger partial charge in [0.1, 0.15) is 0 Å². The Balaban J connectivity index is 0.00000256. The van der Waals surface area contributed by atoms with Crippen LogP contribution in [0.25, 0.3) is 0 Å². The van der Waals surface area contributed by atoms with Crippen molar-refractivity contribution in [3.8, 4) is 0 Å². The Hall–Kier alpha value is -0.580. The molecule has 0 saturated carbocycles. The predicted molar refractivity (Wildman–Crippen MR) is 77.0 cm³/mol. The van der Waals surface area contributed by atoms with Crippen LogP contribution < -0.4 is 5.32 Å². The highest BCUT2D eigenvalue weighted by Gasteiger charge is 2.11. The number of halogens is 2. The highest BCUT2D eigenvalue weighted by atomic mass is 79.9. The molecule has 17 heavy (non-hydrogen) atoms. The van der Waals surface area contributed by atoms with Gasteiger partial charge >= 0.3 is 0 Å². The topological polar surface area (TPSA) is 32.3 Å². The first kappa shape index (κ1) is 16.4. The fourth-order valence-corrected chi connectivity index (χ4v) is 1.71. The van der Waals surface area contributed by atoms with Gasteiger partial charge in [-0.3, -0.25) is 4.79 Å². The SMILES string of the molecule is CNCCN(C)C(=O)c1ccc(C)c(Br)c1.Cl. The van der Waals surface area contributed by atoms with Crippen LogP contribution in [0.3, 0.4) is 0 Å². The van der Waals surface area contributed by atoms with Crippen molar-refractivity contribution in [1.29, 1.82) is 0 Å². The second-order valence-electron chi connectivity index (χ2n) is 3.79. The lowest BCUT2D eigenvalue weighted by Gasteiger charge is -2.17. The lowest BCUT2D eigenvalue weighted by molar-refractivity contribution is 0.0797. The van der Waals surface area contributed by atoms with Gasteiger partial charge in [-0.25, -0.2) is 0 Å². The Kier molecular flexibility index (Phi) is 7.43. The minimum atomic E-state index is 0. The third kappa shape index (κ3) is 4.66. The van der Waals surface area contributed by atoms with Gasteiger partial charge in [0.2, 0.25) is 0 Å². The molecular weight excluding hydrogens is 304 g/mol. The molecule has 1 N–H and O–H groups in total. The first-order chi connectivity index (χ1) is 7.56. The third-order valence-corrected chi connectivity index (χ3v) is 3.32. The van der Waals surface area contributed by atoms with Crippen LogP contribution >= 0.6 is 28.3 Å². The van der Waals surface area contributed by atoms with Crippen LogP contribution in [-0.4, -0.2) is 38.0 Å². The molecule has 1 aromatic rings. The van der Waals surface area contributed by atoms with Crippen LogP contribution in [-0.2, 0) is 0 Å². The van der Waals surface area contributed by atoms with E-state index in [1.165, 1.54) is 0 Å². The number of carbonyl (C=O) groups is 1. The van der Waals surface area contributed by atoms with E-state index >= 15 is 0 Å². The molecule has 0 fully saturated rings. The van der Waals surface area contributed by atoms with E-state index in [0.29, 0.717) is 6.54 Å². The number of amides is 1. The molecule has 0 aliphatic rings. The summed E-state index contributed by atoms with van der Waals surface area (Å²) in [5.41, 5.74) is 1.85. The predicted octanol–water partition coefficient (Wildman–Crippen LogP) is 2.47. The largest absolute Gasteiger partial charge is 0.340 e. The van der Waals surface area contributed by atoms with E-state index in [-0.39, 0.29) is 18.3 Å². The summed E-state index contributed by atoms with van der Waals surface area (Å²) in [6.07, 6.45) is 0. The Morgan fingerprint density at radius 1 is 1.47 bits per heavy atom. The van der Waals surface area contributed by atoms with Crippen molar-refractivity contribution in [3.63, 3.8) is 0 Å². The minimum Gasteiger partial charge on any atom is -0.340 e. The van der Waals surface area contributed by atoms with Crippen molar-refractivity contribution in [2.24, 2.45) is 0 Å². The van der Waals surface area contributed by atoms with Crippen LogP contribution in [0.5, 0.6) is 0 Å². The van der Waals surface area contributed by atoms with Gasteiger partial charge in [0.15, 0.2) is 0 Å². The molecule has 0 atom stereocenters. The molecule has 0 saturated heterocycles. The van der Waals surface area contributed by atoms with Crippen molar-refractivity contribution < 1.29 is 4.79 Å². The summed E-state index contributed by atoms with van der Waals surface area (Å²) in [7, 11) is 3.69. The molecule has 96 valence electrons. The number of hydrogen-bond acceptors (Lipinski definition) is 2. The molecule has 3 nitrogen and oxygen atoms in total. The van der Waals surface area contributed by atoms with Crippen molar-refractivity contribution in [1.82, 2.24) is 10.2 Å². The number of nitrogens with zero attached hydrogens (tertiary/aromatic N) is 1. The van der Waals surface area contributed by atoms with Crippen molar-refractivity contribution in [2.75, 3.05) is 27.2 Å². The van der Waals surface area contributed by atoms with E-state index in [1.54, 1.807) is 4.90 Å². The van der Waals surface area contributed by atoms with Gasteiger partial charge in [0, 0.05) is 30.2 Å². The molecule has 1 aromatic carbocycles. The number of hydrogen-bond donors (Lipinski definition) is 1. The molecule has 0 aromatic heterocycles. The van der Waals surface area contributed by atoms with Gasteiger partial charge in [-0.15, -0.1) is 12.4 Å². The molecule has 0 aliphatic carbocycles. The van der Waals surface area contributed by atoms with Gasteiger partial charge in [-0.05, 0) is 31.7 Å². The summed E-state index contributed by atoms with van der Waals surface area (Å²) in [4.78, 5) is 13.7. The second kappa shape index (κ2) is 7.69. The monoisotopic (exact) mass is 320 g/mol. The number of carbonyl (C=O) groups excluding carboxylic acids is 1. The Morgan fingerprint density at radius 2 is 2.12 bits per heavy atom. The van der Waals surface area contributed by atoms with Crippen LogP contribution in [0, 0.1) is 6.92 Å². The van der Waals surface area contributed by atoms with E-state index in [2.05, 4.69) is 21.2 Å². The van der Waals surface area contributed by atoms with Crippen molar-refractivity contribution in [3.05, 3.63) is 33.8 Å². The van der Waals surface area contributed by atoms with Crippen LogP contribution in [0.1, 0.15) is 15.9 Å². The molecule has 0 spiro atoms. The zero-order valence-corrected chi connectivity index (χ0v) is 12.7. The number of benzene rings is 1. The Labute approximate surface area is 117 Å². The lowest BCUT2D eigenvalue weighted by atomic mass is 10.1. The molecule has 1 rings (SSSR count). The van der Waals surface area contributed by atoms with Gasteiger partial charge in [0.05, 0.1) is 0 Å². The summed E-state index contributed by atoms with van der Waals surface area (Å²) in [5.74, 6) is 0.0518. The molecule has 0 radical (unpaired) electrons. The molecule has 5 heteroatoms. The maximum atomic E-state index is 12.0.